The molecule has 8 heteroatoms. The summed E-state index contributed by atoms with van der Waals surface area (Å²) in [5.74, 6) is 0.159. The van der Waals surface area contributed by atoms with Crippen LogP contribution in [0.5, 0.6) is 0 Å². The molecule has 1 fully saturated rings. The first-order valence-electron chi connectivity index (χ1n) is 7.77. The summed E-state index contributed by atoms with van der Waals surface area (Å²) >= 11 is 5.31. The van der Waals surface area contributed by atoms with Gasteiger partial charge in [-0.05, 0) is 40.9 Å². The molecule has 1 unspecified atom stereocenters. The van der Waals surface area contributed by atoms with Crippen molar-refractivity contribution >= 4 is 39.3 Å². The molecule has 1 atom stereocenters. The number of benzene rings is 1. The Labute approximate surface area is 152 Å². The molecule has 126 valence electrons. The van der Waals surface area contributed by atoms with Crippen molar-refractivity contribution in [2.45, 2.75) is 27.8 Å². The third-order valence-corrected chi connectivity index (χ3v) is 5.97. The van der Waals surface area contributed by atoms with Gasteiger partial charge in [-0.15, -0.1) is 0 Å². The molecule has 0 amide bonds. The third kappa shape index (κ3) is 3.36. The average Bonchev–Trinajstić information content (AvgIpc) is 2.92. The van der Waals surface area contributed by atoms with Crippen molar-refractivity contribution in [3.63, 3.8) is 0 Å². The van der Waals surface area contributed by atoms with Gasteiger partial charge in [0, 0.05) is 18.0 Å². The fraction of sp³-hybridized carbons (Fsp3) is 0.375. The van der Waals surface area contributed by atoms with Crippen LogP contribution in [0, 0.1) is 5.82 Å². The van der Waals surface area contributed by atoms with E-state index in [0.717, 1.165) is 31.6 Å². The number of alkyl halides is 1. The summed E-state index contributed by atoms with van der Waals surface area (Å²) in [6, 6.07) is 8.15. The topological polar surface area (TPSA) is 50.3 Å². The molecule has 0 bridgehead atoms. The van der Waals surface area contributed by atoms with Crippen LogP contribution in [0.25, 0.3) is 0 Å². The quantitative estimate of drug-likeness (QED) is 0.612. The molecule has 0 aliphatic carbocycles. The molecule has 4 rings (SSSR count). The van der Waals surface area contributed by atoms with Gasteiger partial charge in [-0.2, -0.15) is 0 Å². The van der Waals surface area contributed by atoms with Gasteiger partial charge < -0.3 is 15.0 Å². The smallest absolute Gasteiger partial charge is 0.250 e. The van der Waals surface area contributed by atoms with Gasteiger partial charge in [-0.3, -0.25) is 0 Å². The van der Waals surface area contributed by atoms with E-state index in [9.17, 15) is 4.39 Å². The maximum absolute atomic E-state index is 12.9. The SMILES string of the molecule is Fc1cnc(N2CCC(OC3(Br)Nc4ccccc4S3)CC2)nc1. The Morgan fingerprint density at radius 2 is 1.96 bits per heavy atom. The zero-order chi connectivity index (χ0) is 16.6. The molecular weight excluding hydrogens is 395 g/mol. The van der Waals surface area contributed by atoms with E-state index in [-0.39, 0.29) is 6.10 Å². The zero-order valence-electron chi connectivity index (χ0n) is 12.8. The lowest BCUT2D eigenvalue weighted by Crippen LogP contribution is -2.41. The lowest BCUT2D eigenvalue weighted by molar-refractivity contribution is 0.0198. The summed E-state index contributed by atoms with van der Waals surface area (Å²) < 4.78 is 18.6. The fourth-order valence-electron chi connectivity index (χ4n) is 2.90. The Morgan fingerprint density at radius 3 is 2.67 bits per heavy atom. The van der Waals surface area contributed by atoms with Crippen molar-refractivity contribution in [1.82, 2.24) is 9.97 Å². The van der Waals surface area contributed by atoms with E-state index in [0.29, 0.717) is 5.95 Å². The van der Waals surface area contributed by atoms with Crippen LogP contribution in [0.3, 0.4) is 0 Å². The summed E-state index contributed by atoms with van der Waals surface area (Å²) in [4.78, 5) is 11.3. The number of ether oxygens (including phenoxy) is 1. The largest absolute Gasteiger partial charge is 0.341 e. The summed E-state index contributed by atoms with van der Waals surface area (Å²) in [7, 11) is 0. The van der Waals surface area contributed by atoms with Gasteiger partial charge >= 0.3 is 0 Å². The number of nitrogens with zero attached hydrogens (tertiary/aromatic N) is 3. The minimum atomic E-state index is -0.615. The van der Waals surface area contributed by atoms with E-state index in [2.05, 4.69) is 42.2 Å². The summed E-state index contributed by atoms with van der Waals surface area (Å²) in [6.07, 6.45) is 4.28. The maximum Gasteiger partial charge on any atom is 0.250 e. The second kappa shape index (κ2) is 6.50. The number of para-hydroxylation sites is 1. The molecule has 2 aliphatic heterocycles. The molecule has 5 nitrogen and oxygen atoms in total. The van der Waals surface area contributed by atoms with E-state index < -0.39 is 9.78 Å². The van der Waals surface area contributed by atoms with Gasteiger partial charge in [-0.25, -0.2) is 14.4 Å². The highest BCUT2D eigenvalue weighted by Gasteiger charge is 2.39. The average molecular weight is 411 g/mol. The Bertz CT molecular complexity index is 699. The first kappa shape index (κ1) is 16.1. The second-order valence-corrected chi connectivity index (χ2v) is 8.63. The van der Waals surface area contributed by atoms with Crippen molar-refractivity contribution in [3.8, 4) is 0 Å². The van der Waals surface area contributed by atoms with Crippen molar-refractivity contribution in [1.29, 1.82) is 0 Å². The molecule has 3 heterocycles. The van der Waals surface area contributed by atoms with Crippen LogP contribution in [0.2, 0.25) is 0 Å². The van der Waals surface area contributed by atoms with Gasteiger partial charge in [0.2, 0.25) is 5.95 Å². The van der Waals surface area contributed by atoms with Crippen LogP contribution in [-0.2, 0) is 4.74 Å². The Morgan fingerprint density at radius 1 is 1.25 bits per heavy atom. The molecule has 1 aromatic heterocycles. The van der Waals surface area contributed by atoms with Crippen LogP contribution >= 0.6 is 27.7 Å². The molecular formula is C16H16BrFN4OS. The van der Waals surface area contributed by atoms with Crippen molar-refractivity contribution in [2.75, 3.05) is 23.3 Å². The van der Waals surface area contributed by atoms with Gasteiger partial charge in [0.25, 0.3) is 3.97 Å². The van der Waals surface area contributed by atoms with Crippen molar-refractivity contribution in [3.05, 3.63) is 42.5 Å². The lowest BCUT2D eigenvalue weighted by atomic mass is 10.1. The number of piperidine rings is 1. The Hall–Kier alpha value is -1.38. The zero-order valence-corrected chi connectivity index (χ0v) is 15.2. The lowest BCUT2D eigenvalue weighted by Gasteiger charge is -2.35. The monoisotopic (exact) mass is 410 g/mol. The van der Waals surface area contributed by atoms with E-state index in [4.69, 9.17) is 4.74 Å². The highest BCUT2D eigenvalue weighted by molar-refractivity contribution is 9.11. The fourth-order valence-corrected chi connectivity index (χ4v) is 4.90. The maximum atomic E-state index is 12.9. The molecule has 2 aromatic rings. The molecule has 1 aromatic carbocycles. The Kier molecular flexibility index (Phi) is 4.36. The number of fused-ring (bicyclic) bond motifs is 1. The summed E-state index contributed by atoms with van der Waals surface area (Å²) in [5.41, 5.74) is 1.08. The molecule has 24 heavy (non-hydrogen) atoms. The van der Waals surface area contributed by atoms with Gasteiger partial charge in [0.15, 0.2) is 5.82 Å². The summed E-state index contributed by atoms with van der Waals surface area (Å²) in [6.45, 7) is 1.58. The van der Waals surface area contributed by atoms with Crippen molar-refractivity contribution in [2.24, 2.45) is 0 Å². The number of hydrogen-bond acceptors (Lipinski definition) is 6. The molecule has 1 saturated heterocycles. The second-order valence-electron chi connectivity index (χ2n) is 5.77. The molecule has 0 radical (unpaired) electrons. The van der Waals surface area contributed by atoms with Crippen molar-refractivity contribution < 1.29 is 9.13 Å². The molecule has 0 spiro atoms. The molecule has 0 saturated carbocycles. The van der Waals surface area contributed by atoms with Gasteiger partial charge in [0.1, 0.15) is 0 Å². The van der Waals surface area contributed by atoms with Crippen LogP contribution in [0.15, 0.2) is 41.6 Å². The van der Waals surface area contributed by atoms with E-state index in [1.165, 1.54) is 17.3 Å². The first-order valence-corrected chi connectivity index (χ1v) is 9.38. The summed E-state index contributed by atoms with van der Waals surface area (Å²) in [5, 5.41) is 3.38. The Balaban J connectivity index is 1.35. The van der Waals surface area contributed by atoms with E-state index >= 15 is 0 Å². The minimum Gasteiger partial charge on any atom is -0.341 e. The van der Waals surface area contributed by atoms with Crippen LogP contribution in [0.1, 0.15) is 12.8 Å². The minimum absolute atomic E-state index is 0.135. The van der Waals surface area contributed by atoms with Crippen LogP contribution in [-0.4, -0.2) is 33.1 Å². The predicted octanol–water partition coefficient (Wildman–Crippen LogP) is 3.83. The number of thioether (sulfide) groups is 1. The van der Waals surface area contributed by atoms with Gasteiger partial charge in [0.05, 0.1) is 24.2 Å². The number of aromatic nitrogens is 2. The van der Waals surface area contributed by atoms with E-state index in [1.807, 2.05) is 18.2 Å². The number of halogens is 2. The number of hydrogen-bond donors (Lipinski definition) is 1. The van der Waals surface area contributed by atoms with E-state index in [1.54, 1.807) is 11.8 Å². The predicted molar refractivity (Wildman–Crippen MR) is 95.9 cm³/mol. The number of nitrogens with one attached hydrogen (secondary N) is 1. The standard InChI is InChI=1S/C16H16BrFN4OS/c17-16(21-13-3-1-2-4-14(13)24-16)23-12-5-7-22(8-6-12)15-19-9-11(18)10-20-15/h1-4,9-10,12,21H,5-8H2. The highest BCUT2D eigenvalue weighted by Crippen LogP contribution is 2.50. The third-order valence-electron chi connectivity index (χ3n) is 4.06. The normalized spacial score (nSPS) is 23.8. The first-order chi connectivity index (χ1) is 11.6. The molecule has 2 aliphatic rings. The van der Waals surface area contributed by atoms with Crippen LogP contribution in [0.4, 0.5) is 16.0 Å². The molecule has 1 N–H and O–H groups in total. The highest BCUT2D eigenvalue weighted by atomic mass is 79.9. The van der Waals surface area contributed by atoms with Crippen LogP contribution < -0.4 is 10.2 Å². The number of rotatable bonds is 3. The van der Waals surface area contributed by atoms with Gasteiger partial charge in [-0.1, -0.05) is 23.9 Å². The number of anilines is 2.